The average molecular weight is 258 g/mol. The predicted molar refractivity (Wildman–Crippen MR) is 76.8 cm³/mol. The third kappa shape index (κ3) is 8.44. The molecular weight excluding hydrogens is 228 g/mol. The van der Waals surface area contributed by atoms with E-state index in [-0.39, 0.29) is 11.9 Å². The molecule has 0 aliphatic heterocycles. The maximum absolute atomic E-state index is 11.8. The Labute approximate surface area is 112 Å². The van der Waals surface area contributed by atoms with E-state index in [0.29, 0.717) is 6.04 Å². The van der Waals surface area contributed by atoms with Gasteiger partial charge in [0.05, 0.1) is 6.04 Å². The van der Waals surface area contributed by atoms with Gasteiger partial charge in [0.25, 0.3) is 0 Å². The van der Waals surface area contributed by atoms with E-state index in [1.807, 2.05) is 35.1 Å². The van der Waals surface area contributed by atoms with Gasteiger partial charge in [0.1, 0.15) is 0 Å². The monoisotopic (exact) mass is 258 g/mol. The minimum atomic E-state index is -0.133. The quantitative estimate of drug-likeness (QED) is 0.571. The molecule has 0 fully saturated rings. The Hall–Kier alpha value is -0.650. The lowest BCUT2D eigenvalue weighted by Crippen LogP contribution is -2.46. The highest BCUT2D eigenvalue weighted by Crippen LogP contribution is 1.91. The summed E-state index contributed by atoms with van der Waals surface area (Å²) in [4.78, 5) is 16.0. The minimum Gasteiger partial charge on any atom is -0.355 e. The molecule has 18 heavy (non-hydrogen) atoms. The second kappa shape index (κ2) is 9.30. The van der Waals surface area contributed by atoms with Crippen molar-refractivity contribution in [3.8, 4) is 0 Å². The van der Waals surface area contributed by atoms with Crippen LogP contribution in [0.5, 0.6) is 0 Å². The molecule has 1 amide bonds. The number of carbonyl (C=O) groups is 1. The summed E-state index contributed by atoms with van der Waals surface area (Å²) < 4.78 is 0. The molecule has 0 saturated heterocycles. The van der Waals surface area contributed by atoms with Crippen LogP contribution in [0, 0.1) is 0 Å². The number of nitrogens with one attached hydrogen (secondary N) is 2. The zero-order valence-corrected chi connectivity index (χ0v) is 12.8. The van der Waals surface area contributed by atoms with Gasteiger partial charge in [-0.05, 0) is 55.0 Å². The highest BCUT2D eigenvalue weighted by Gasteiger charge is 2.13. The van der Waals surface area contributed by atoms with E-state index in [0.717, 1.165) is 26.1 Å². The number of hydrogen-bond acceptors (Lipinski definition) is 4. The molecule has 0 saturated carbocycles. The van der Waals surface area contributed by atoms with Gasteiger partial charge in [-0.2, -0.15) is 0 Å². The zero-order valence-electron chi connectivity index (χ0n) is 12.8. The Kier molecular flexibility index (Phi) is 8.97. The normalized spacial score (nSPS) is 14.9. The summed E-state index contributed by atoms with van der Waals surface area (Å²) in [6.45, 7) is 6.60. The Balaban J connectivity index is 3.69. The predicted octanol–water partition coefficient (Wildman–Crippen LogP) is -0.0175. The van der Waals surface area contributed by atoms with Crippen molar-refractivity contribution in [2.75, 3.05) is 47.8 Å². The zero-order chi connectivity index (χ0) is 14.1. The Bertz CT molecular complexity index is 231. The molecule has 0 aromatic carbocycles. The van der Waals surface area contributed by atoms with Crippen LogP contribution < -0.4 is 10.6 Å². The fraction of sp³-hybridized carbons (Fsp3) is 0.923. The van der Waals surface area contributed by atoms with Crippen molar-refractivity contribution in [3.05, 3.63) is 0 Å². The van der Waals surface area contributed by atoms with Gasteiger partial charge in [0, 0.05) is 19.1 Å². The third-order valence-electron chi connectivity index (χ3n) is 3.08. The van der Waals surface area contributed by atoms with Gasteiger partial charge in [-0.15, -0.1) is 0 Å². The molecule has 0 bridgehead atoms. The number of hydrogen-bond donors (Lipinski definition) is 2. The van der Waals surface area contributed by atoms with Crippen LogP contribution in [0.3, 0.4) is 0 Å². The van der Waals surface area contributed by atoms with Gasteiger partial charge in [-0.1, -0.05) is 0 Å². The van der Waals surface area contributed by atoms with Gasteiger partial charge in [0.2, 0.25) is 5.91 Å². The number of rotatable bonds is 9. The third-order valence-corrected chi connectivity index (χ3v) is 3.08. The summed E-state index contributed by atoms with van der Waals surface area (Å²) in [5.74, 6) is 0.0831. The molecule has 5 nitrogen and oxygen atoms in total. The first kappa shape index (κ1) is 17.4. The molecular formula is C13H30N4O. The van der Waals surface area contributed by atoms with Crippen LogP contribution in [-0.4, -0.2) is 75.6 Å². The van der Waals surface area contributed by atoms with E-state index in [1.54, 1.807) is 0 Å². The molecule has 0 heterocycles. The fourth-order valence-corrected chi connectivity index (χ4v) is 1.38. The largest absolute Gasteiger partial charge is 0.355 e. The molecule has 2 atom stereocenters. The van der Waals surface area contributed by atoms with Crippen molar-refractivity contribution in [2.45, 2.75) is 32.4 Å². The number of likely N-dealkylation sites (N-methyl/N-ethyl adjacent to an activating group) is 1. The van der Waals surface area contributed by atoms with E-state index >= 15 is 0 Å². The summed E-state index contributed by atoms with van der Waals surface area (Å²) >= 11 is 0. The van der Waals surface area contributed by atoms with Gasteiger partial charge in [-0.3, -0.25) is 4.79 Å². The molecule has 0 aromatic heterocycles. The topological polar surface area (TPSA) is 47.6 Å². The van der Waals surface area contributed by atoms with Gasteiger partial charge >= 0.3 is 0 Å². The van der Waals surface area contributed by atoms with Crippen molar-refractivity contribution < 1.29 is 4.79 Å². The first-order valence-corrected chi connectivity index (χ1v) is 6.66. The standard InChI is InChI=1S/C13H30N4O/c1-11(17(5)6)10-15-12(2)13(18)14-8-7-9-16(3)4/h11-12,15H,7-10H2,1-6H3,(H,14,18). The van der Waals surface area contributed by atoms with Gasteiger partial charge < -0.3 is 20.4 Å². The summed E-state index contributed by atoms with van der Waals surface area (Å²) in [5.41, 5.74) is 0. The first-order valence-electron chi connectivity index (χ1n) is 6.66. The maximum Gasteiger partial charge on any atom is 0.236 e. The van der Waals surface area contributed by atoms with Crippen LogP contribution in [0.2, 0.25) is 0 Å². The highest BCUT2D eigenvalue weighted by atomic mass is 16.2. The SMILES string of the molecule is CC(NCC(C)N(C)C)C(=O)NCCCN(C)C. The van der Waals surface area contributed by atoms with Crippen LogP contribution in [-0.2, 0) is 4.79 Å². The van der Waals surface area contributed by atoms with Crippen molar-refractivity contribution >= 4 is 5.91 Å². The fourth-order valence-electron chi connectivity index (χ4n) is 1.38. The number of carbonyl (C=O) groups excluding carboxylic acids is 1. The van der Waals surface area contributed by atoms with Crippen molar-refractivity contribution in [2.24, 2.45) is 0 Å². The lowest BCUT2D eigenvalue weighted by molar-refractivity contribution is -0.122. The molecule has 0 spiro atoms. The summed E-state index contributed by atoms with van der Waals surface area (Å²) in [7, 11) is 8.15. The van der Waals surface area contributed by atoms with Crippen molar-refractivity contribution in [1.29, 1.82) is 0 Å². The molecule has 0 rings (SSSR count). The molecule has 108 valence electrons. The van der Waals surface area contributed by atoms with Crippen LogP contribution in [0.4, 0.5) is 0 Å². The van der Waals surface area contributed by atoms with E-state index in [9.17, 15) is 4.79 Å². The van der Waals surface area contributed by atoms with Crippen LogP contribution in [0.25, 0.3) is 0 Å². The Morgan fingerprint density at radius 2 is 1.78 bits per heavy atom. The molecule has 0 radical (unpaired) electrons. The molecule has 2 unspecified atom stereocenters. The van der Waals surface area contributed by atoms with Crippen LogP contribution >= 0.6 is 0 Å². The summed E-state index contributed by atoms with van der Waals surface area (Å²) in [6.07, 6.45) is 0.986. The summed E-state index contributed by atoms with van der Waals surface area (Å²) in [5, 5.41) is 6.20. The highest BCUT2D eigenvalue weighted by molar-refractivity contribution is 5.81. The Morgan fingerprint density at radius 1 is 1.17 bits per heavy atom. The van der Waals surface area contributed by atoms with Gasteiger partial charge in [0.15, 0.2) is 0 Å². The second-order valence-corrected chi connectivity index (χ2v) is 5.39. The van der Waals surface area contributed by atoms with Gasteiger partial charge in [-0.25, -0.2) is 0 Å². The van der Waals surface area contributed by atoms with E-state index in [4.69, 9.17) is 0 Å². The number of amides is 1. The van der Waals surface area contributed by atoms with Crippen LogP contribution in [0.1, 0.15) is 20.3 Å². The van der Waals surface area contributed by atoms with E-state index < -0.39 is 0 Å². The lowest BCUT2D eigenvalue weighted by Gasteiger charge is -2.22. The molecule has 5 heteroatoms. The number of nitrogens with zero attached hydrogens (tertiary/aromatic N) is 2. The molecule has 0 aliphatic rings. The average Bonchev–Trinajstić information content (AvgIpc) is 2.30. The maximum atomic E-state index is 11.8. The van der Waals surface area contributed by atoms with Crippen molar-refractivity contribution in [3.63, 3.8) is 0 Å². The smallest absolute Gasteiger partial charge is 0.236 e. The Morgan fingerprint density at radius 3 is 2.28 bits per heavy atom. The second-order valence-electron chi connectivity index (χ2n) is 5.39. The minimum absolute atomic E-state index is 0.0831. The summed E-state index contributed by atoms with van der Waals surface area (Å²) in [6, 6.07) is 0.292. The molecule has 2 N–H and O–H groups in total. The van der Waals surface area contributed by atoms with E-state index in [1.165, 1.54) is 0 Å². The van der Waals surface area contributed by atoms with E-state index in [2.05, 4.69) is 27.4 Å². The van der Waals surface area contributed by atoms with Crippen molar-refractivity contribution in [1.82, 2.24) is 20.4 Å². The molecule has 0 aliphatic carbocycles. The first-order chi connectivity index (χ1) is 8.34. The molecule has 0 aromatic rings. The lowest BCUT2D eigenvalue weighted by atomic mass is 10.2. The van der Waals surface area contributed by atoms with Crippen LogP contribution in [0.15, 0.2) is 0 Å².